The summed E-state index contributed by atoms with van der Waals surface area (Å²) in [6.45, 7) is 1.99. The fraction of sp³-hybridized carbons (Fsp3) is 0.385. The molecule has 104 valence electrons. The Labute approximate surface area is 110 Å². The van der Waals surface area contributed by atoms with Crippen LogP contribution in [-0.4, -0.2) is 32.1 Å². The quantitative estimate of drug-likeness (QED) is 0.641. The Morgan fingerprint density at radius 3 is 2.68 bits per heavy atom. The molecular formula is C13H16FNO4. The van der Waals surface area contributed by atoms with Crippen LogP contribution in [-0.2, 0) is 20.7 Å². The Kier molecular flexibility index (Phi) is 5.78. The molecule has 0 saturated heterocycles. The van der Waals surface area contributed by atoms with E-state index in [1.807, 2.05) is 0 Å². The number of carbonyl (C=O) groups is 2. The van der Waals surface area contributed by atoms with Crippen molar-refractivity contribution in [3.05, 3.63) is 29.6 Å². The molecule has 0 atom stereocenters. The third-order valence-electron chi connectivity index (χ3n) is 2.38. The minimum absolute atomic E-state index is 0.149. The summed E-state index contributed by atoms with van der Waals surface area (Å²) in [6, 6.07) is 4.53. The summed E-state index contributed by atoms with van der Waals surface area (Å²) in [4.78, 5) is 22.2. The van der Waals surface area contributed by atoms with Crippen LogP contribution in [0.4, 0.5) is 4.39 Å². The molecule has 0 aliphatic carbocycles. The number of halogens is 1. The summed E-state index contributed by atoms with van der Waals surface area (Å²) in [5.41, 5.74) is 0.697. The maximum Gasteiger partial charge on any atom is 0.396 e. The molecule has 1 N–H and O–H groups in total. The van der Waals surface area contributed by atoms with Crippen LogP contribution in [0.25, 0.3) is 0 Å². The van der Waals surface area contributed by atoms with Crippen LogP contribution >= 0.6 is 0 Å². The van der Waals surface area contributed by atoms with Crippen LogP contribution in [0.5, 0.6) is 5.75 Å². The first-order chi connectivity index (χ1) is 9.08. The van der Waals surface area contributed by atoms with E-state index in [0.29, 0.717) is 12.0 Å². The molecule has 6 heteroatoms. The van der Waals surface area contributed by atoms with E-state index < -0.39 is 17.7 Å². The monoisotopic (exact) mass is 269 g/mol. The van der Waals surface area contributed by atoms with Gasteiger partial charge in [0.15, 0.2) is 11.6 Å². The molecule has 0 heterocycles. The van der Waals surface area contributed by atoms with Gasteiger partial charge in [0.25, 0.3) is 0 Å². The van der Waals surface area contributed by atoms with Crippen LogP contribution in [0, 0.1) is 5.82 Å². The molecule has 0 aliphatic rings. The average molecular weight is 269 g/mol. The topological polar surface area (TPSA) is 64.6 Å². The first-order valence-corrected chi connectivity index (χ1v) is 5.85. The highest BCUT2D eigenvalue weighted by molar-refractivity contribution is 6.32. The highest BCUT2D eigenvalue weighted by Gasteiger charge is 2.13. The summed E-state index contributed by atoms with van der Waals surface area (Å²) in [5.74, 6) is -2.00. The van der Waals surface area contributed by atoms with Crippen molar-refractivity contribution in [2.45, 2.75) is 13.3 Å². The molecule has 19 heavy (non-hydrogen) atoms. The summed E-state index contributed by atoms with van der Waals surface area (Å²) in [6.07, 6.45) is 0.409. The van der Waals surface area contributed by atoms with E-state index >= 15 is 0 Å². The number of carbonyl (C=O) groups excluding carboxylic acids is 2. The van der Waals surface area contributed by atoms with E-state index in [4.69, 9.17) is 4.74 Å². The maximum atomic E-state index is 13.4. The van der Waals surface area contributed by atoms with Gasteiger partial charge in [-0.05, 0) is 31.0 Å². The van der Waals surface area contributed by atoms with Gasteiger partial charge in [-0.25, -0.2) is 9.18 Å². The van der Waals surface area contributed by atoms with Crippen molar-refractivity contribution >= 4 is 11.9 Å². The minimum Gasteiger partial charge on any atom is -0.494 e. The average Bonchev–Trinajstić information content (AvgIpc) is 2.39. The second-order valence-corrected chi connectivity index (χ2v) is 3.70. The van der Waals surface area contributed by atoms with Crippen molar-refractivity contribution in [3.8, 4) is 5.75 Å². The summed E-state index contributed by atoms with van der Waals surface area (Å²) >= 11 is 0. The van der Waals surface area contributed by atoms with Gasteiger partial charge in [0.05, 0.1) is 13.7 Å². The Bertz CT molecular complexity index is 462. The molecule has 5 nitrogen and oxygen atoms in total. The Morgan fingerprint density at radius 2 is 2.11 bits per heavy atom. The maximum absolute atomic E-state index is 13.4. The Balaban J connectivity index is 2.43. The van der Waals surface area contributed by atoms with Gasteiger partial charge in [0.1, 0.15) is 0 Å². The lowest BCUT2D eigenvalue weighted by Crippen LogP contribution is -2.33. The lowest BCUT2D eigenvalue weighted by Gasteiger charge is -2.06. The van der Waals surface area contributed by atoms with Gasteiger partial charge in [-0.15, -0.1) is 0 Å². The van der Waals surface area contributed by atoms with Gasteiger partial charge in [0.2, 0.25) is 0 Å². The van der Waals surface area contributed by atoms with Crippen molar-refractivity contribution in [2.24, 2.45) is 0 Å². The first-order valence-electron chi connectivity index (χ1n) is 5.85. The van der Waals surface area contributed by atoms with Crippen LogP contribution in [0.15, 0.2) is 18.2 Å². The fourth-order valence-corrected chi connectivity index (χ4v) is 1.45. The molecule has 1 aromatic carbocycles. The molecule has 0 spiro atoms. The standard InChI is InChI=1S/C13H16FNO4/c1-3-19-13(17)12(16)15-7-6-9-4-5-11(18-2)10(14)8-9/h4-5,8H,3,6-7H2,1-2H3,(H,15,16). The molecule has 0 aliphatic heterocycles. The summed E-state index contributed by atoms with van der Waals surface area (Å²) < 4.78 is 22.7. The van der Waals surface area contributed by atoms with Gasteiger partial charge < -0.3 is 14.8 Å². The SMILES string of the molecule is CCOC(=O)C(=O)NCCc1ccc(OC)c(F)c1. The number of methoxy groups -OCH3 is 1. The van der Waals surface area contributed by atoms with Gasteiger partial charge in [-0.3, -0.25) is 4.79 Å². The van der Waals surface area contributed by atoms with Crippen molar-refractivity contribution in [3.63, 3.8) is 0 Å². The smallest absolute Gasteiger partial charge is 0.396 e. The number of benzene rings is 1. The van der Waals surface area contributed by atoms with Crippen LogP contribution in [0.2, 0.25) is 0 Å². The van der Waals surface area contributed by atoms with Crippen LogP contribution in [0.3, 0.4) is 0 Å². The van der Waals surface area contributed by atoms with E-state index in [-0.39, 0.29) is 18.9 Å². The van der Waals surface area contributed by atoms with Crippen molar-refractivity contribution in [2.75, 3.05) is 20.3 Å². The zero-order chi connectivity index (χ0) is 14.3. The fourth-order valence-electron chi connectivity index (χ4n) is 1.45. The number of ether oxygens (including phenoxy) is 2. The predicted octanol–water partition coefficient (Wildman–Crippen LogP) is 1.06. The highest BCUT2D eigenvalue weighted by atomic mass is 19.1. The molecule has 0 radical (unpaired) electrons. The van der Waals surface area contributed by atoms with Gasteiger partial charge in [-0.1, -0.05) is 6.07 Å². The Morgan fingerprint density at radius 1 is 1.37 bits per heavy atom. The number of nitrogens with one attached hydrogen (secondary N) is 1. The number of amides is 1. The molecular weight excluding hydrogens is 253 g/mol. The largest absolute Gasteiger partial charge is 0.494 e. The third kappa shape index (κ3) is 4.57. The molecule has 0 unspecified atom stereocenters. The van der Waals surface area contributed by atoms with E-state index in [9.17, 15) is 14.0 Å². The second kappa shape index (κ2) is 7.35. The predicted molar refractivity (Wildman–Crippen MR) is 66.3 cm³/mol. The molecule has 0 bridgehead atoms. The van der Waals surface area contributed by atoms with E-state index in [0.717, 1.165) is 0 Å². The Hall–Kier alpha value is -2.11. The summed E-state index contributed by atoms with van der Waals surface area (Å²) in [5, 5.41) is 2.40. The zero-order valence-electron chi connectivity index (χ0n) is 10.9. The van der Waals surface area contributed by atoms with Crippen LogP contribution in [0.1, 0.15) is 12.5 Å². The molecule has 0 fully saturated rings. The molecule has 0 aromatic heterocycles. The number of hydrogen-bond acceptors (Lipinski definition) is 4. The lowest BCUT2D eigenvalue weighted by molar-refractivity contribution is -0.154. The van der Waals surface area contributed by atoms with Crippen molar-refractivity contribution in [1.29, 1.82) is 0 Å². The molecule has 0 saturated carbocycles. The van der Waals surface area contributed by atoms with Crippen molar-refractivity contribution in [1.82, 2.24) is 5.32 Å². The number of esters is 1. The molecule has 1 aromatic rings. The third-order valence-corrected chi connectivity index (χ3v) is 2.38. The van der Waals surface area contributed by atoms with E-state index in [1.165, 1.54) is 19.2 Å². The second-order valence-electron chi connectivity index (χ2n) is 3.70. The van der Waals surface area contributed by atoms with Gasteiger partial charge in [-0.2, -0.15) is 0 Å². The number of rotatable bonds is 5. The molecule has 1 rings (SSSR count). The number of hydrogen-bond donors (Lipinski definition) is 1. The highest BCUT2D eigenvalue weighted by Crippen LogP contribution is 2.17. The van der Waals surface area contributed by atoms with E-state index in [1.54, 1.807) is 13.0 Å². The lowest BCUT2D eigenvalue weighted by atomic mass is 10.1. The van der Waals surface area contributed by atoms with Gasteiger partial charge in [0, 0.05) is 6.54 Å². The van der Waals surface area contributed by atoms with E-state index in [2.05, 4.69) is 10.1 Å². The van der Waals surface area contributed by atoms with Crippen molar-refractivity contribution < 1.29 is 23.5 Å². The molecule has 1 amide bonds. The normalized spacial score (nSPS) is 9.84. The van der Waals surface area contributed by atoms with Gasteiger partial charge >= 0.3 is 11.9 Å². The zero-order valence-corrected chi connectivity index (χ0v) is 10.9. The minimum atomic E-state index is -0.914. The van der Waals surface area contributed by atoms with Crippen LogP contribution < -0.4 is 10.1 Å². The first kappa shape index (κ1) is 14.9. The summed E-state index contributed by atoms with van der Waals surface area (Å²) in [7, 11) is 1.39.